The molecule has 3 aromatic heterocycles. The van der Waals surface area contributed by atoms with Crippen molar-refractivity contribution in [3.8, 4) is 11.5 Å². The van der Waals surface area contributed by atoms with E-state index in [9.17, 15) is 4.79 Å². The van der Waals surface area contributed by atoms with Crippen molar-refractivity contribution in [2.75, 3.05) is 7.11 Å². The third-order valence-corrected chi connectivity index (χ3v) is 16.6. The predicted molar refractivity (Wildman–Crippen MR) is 313 cm³/mol. The van der Waals surface area contributed by atoms with Crippen LogP contribution in [-0.4, -0.2) is 39.8 Å². The molecule has 8 bridgehead atoms. The summed E-state index contributed by atoms with van der Waals surface area (Å²) in [6, 6.07) is 36.4. The van der Waals surface area contributed by atoms with Crippen molar-refractivity contribution in [2.45, 2.75) is 77.7 Å². The van der Waals surface area contributed by atoms with E-state index < -0.39 is 17.4 Å². The highest BCUT2D eigenvalue weighted by atomic mass is 35.5. The lowest BCUT2D eigenvalue weighted by atomic mass is 9.70. The molecule has 0 fully saturated rings. The zero-order chi connectivity index (χ0) is 53.9. The number of aromatic amines is 3. The molecule has 3 aliphatic rings. The van der Waals surface area contributed by atoms with Gasteiger partial charge in [-0.15, -0.1) is 0 Å². The Morgan fingerprint density at radius 1 is 0.566 bits per heavy atom. The molecule has 0 saturated heterocycles. The molecule has 0 saturated carbocycles. The zero-order valence-electron chi connectivity index (χ0n) is 43.1. The normalized spacial score (nSPS) is 18.7. The minimum Gasteiger partial charge on any atom is -0.465 e. The van der Waals surface area contributed by atoms with Crippen LogP contribution in [-0.2, 0) is 21.0 Å². The molecule has 3 N–H and O–H groups in total. The molecule has 8 aromatic rings. The van der Waals surface area contributed by atoms with E-state index >= 15 is 0 Å². The van der Waals surface area contributed by atoms with E-state index in [4.69, 9.17) is 84.1 Å². The van der Waals surface area contributed by atoms with Gasteiger partial charge in [0, 0.05) is 104 Å². The Morgan fingerprint density at radius 2 is 1.01 bits per heavy atom. The Labute approximate surface area is 471 Å². The van der Waals surface area contributed by atoms with Gasteiger partial charge in [-0.1, -0.05) is 161 Å². The number of hydrogen-bond donors (Lipinski definition) is 3. The zero-order valence-corrected chi connectivity index (χ0v) is 47.7. The van der Waals surface area contributed by atoms with Crippen LogP contribution in [0.25, 0.3) is 22.3 Å². The maximum atomic E-state index is 14.0. The molecule has 76 heavy (non-hydrogen) atoms. The number of benzene rings is 5. The van der Waals surface area contributed by atoms with E-state index in [1.165, 1.54) is 7.11 Å². The Balaban J connectivity index is 1.31. The van der Waals surface area contributed by atoms with E-state index in [0.717, 1.165) is 39.0 Å². The van der Waals surface area contributed by atoms with Crippen LogP contribution in [0.15, 0.2) is 132 Å². The van der Waals surface area contributed by atoms with Crippen molar-refractivity contribution in [1.29, 1.82) is 0 Å². The first-order valence-corrected chi connectivity index (χ1v) is 27.1. The molecule has 1 unspecified atom stereocenters. The molecule has 7 nitrogen and oxygen atoms in total. The van der Waals surface area contributed by atoms with E-state index in [2.05, 4.69) is 94.6 Å². The number of nitrogens with one attached hydrogen (secondary N) is 3. The number of nitrogens with zero attached hydrogens (tertiary/aromatic N) is 1. The van der Waals surface area contributed by atoms with Crippen LogP contribution in [0.5, 0.6) is 11.5 Å². The number of carbonyl (C=O) groups excluding carboxylic acids is 1. The number of rotatable bonds is 5. The second-order valence-electron chi connectivity index (χ2n) is 22.0. The first kappa shape index (κ1) is 51.9. The molecular formula is C63H52Cl6N4O3. The number of carbonyl (C=O) groups is 1. The topological polar surface area (TPSA) is 95.3 Å². The maximum absolute atomic E-state index is 14.0. The summed E-state index contributed by atoms with van der Waals surface area (Å²) in [6.07, 6.45) is 4.10. The van der Waals surface area contributed by atoms with Crippen LogP contribution >= 0.6 is 69.6 Å². The van der Waals surface area contributed by atoms with E-state index in [-0.39, 0.29) is 10.8 Å². The number of halogens is 6. The minimum absolute atomic E-state index is 0.289. The molecule has 6 heterocycles. The summed E-state index contributed by atoms with van der Waals surface area (Å²) in [4.78, 5) is 31.0. The van der Waals surface area contributed by atoms with Gasteiger partial charge < -0.3 is 24.4 Å². The Morgan fingerprint density at radius 3 is 1.51 bits per heavy atom. The lowest BCUT2D eigenvalue weighted by molar-refractivity contribution is 0.0597. The summed E-state index contributed by atoms with van der Waals surface area (Å²) in [5.41, 5.74) is 10.5. The van der Waals surface area contributed by atoms with Gasteiger partial charge >= 0.3 is 5.97 Å². The highest BCUT2D eigenvalue weighted by Crippen LogP contribution is 2.54. The average Bonchev–Trinajstić information content (AvgIpc) is 4.23. The fourth-order valence-electron chi connectivity index (χ4n) is 10.7. The number of esters is 1. The number of hydrogen-bond acceptors (Lipinski definition) is 4. The molecule has 11 rings (SSSR count). The average molecular weight is 1130 g/mol. The van der Waals surface area contributed by atoms with Gasteiger partial charge in [-0.3, -0.25) is 4.99 Å². The molecular weight excluding hydrogens is 1070 g/mol. The Kier molecular flexibility index (Phi) is 13.0. The number of methoxy groups -OCH3 is 1. The van der Waals surface area contributed by atoms with Gasteiger partial charge in [-0.05, 0) is 113 Å². The van der Waals surface area contributed by atoms with Gasteiger partial charge in [-0.2, -0.15) is 0 Å². The molecule has 3 aliphatic heterocycles. The van der Waals surface area contributed by atoms with Gasteiger partial charge in [0.2, 0.25) is 0 Å². The van der Waals surface area contributed by atoms with E-state index in [0.29, 0.717) is 114 Å². The molecule has 0 spiro atoms. The summed E-state index contributed by atoms with van der Waals surface area (Å²) in [7, 11) is 1.40. The SMILES string of the molecule is COC(=O)c1cc(C(C)(C)C)cc2c1Oc1c(/C3=c4\cc/c([nH]4)=C(\c4c(Cl)cccc4Cl)c4ccc([nH]4)/C(c4c(Cl)cccc4Cl)=c4/cc/c([nH]4)=C(\c4c(Cl)cccc4Cl)C4C=CC3=N4)cc(C(C)(C)C)cc1C2(C)C. The number of aliphatic imine (C=N–C) groups is 1. The van der Waals surface area contributed by atoms with E-state index in [1.807, 2.05) is 103 Å². The molecule has 13 heteroatoms. The van der Waals surface area contributed by atoms with Crippen LogP contribution in [0.4, 0.5) is 0 Å². The highest BCUT2D eigenvalue weighted by Gasteiger charge is 2.41. The van der Waals surface area contributed by atoms with Gasteiger partial charge in [0.1, 0.15) is 17.1 Å². The van der Waals surface area contributed by atoms with Crippen molar-refractivity contribution in [3.63, 3.8) is 0 Å². The lowest BCUT2D eigenvalue weighted by Gasteiger charge is -2.39. The first-order valence-electron chi connectivity index (χ1n) is 24.9. The number of fused-ring (bicyclic) bond motifs is 9. The number of ether oxygens (including phenoxy) is 2. The van der Waals surface area contributed by atoms with Crippen LogP contribution in [0.2, 0.25) is 30.1 Å². The van der Waals surface area contributed by atoms with Crippen molar-refractivity contribution >= 4 is 104 Å². The molecule has 5 aromatic carbocycles. The van der Waals surface area contributed by atoms with Gasteiger partial charge in [0.25, 0.3) is 0 Å². The monoisotopic (exact) mass is 1120 g/mol. The quantitative estimate of drug-likeness (QED) is 0.150. The maximum Gasteiger partial charge on any atom is 0.341 e. The summed E-state index contributed by atoms with van der Waals surface area (Å²) >= 11 is 43.0. The van der Waals surface area contributed by atoms with Crippen LogP contribution in [0, 0.1) is 0 Å². The summed E-state index contributed by atoms with van der Waals surface area (Å²) < 4.78 is 12.8. The van der Waals surface area contributed by atoms with Gasteiger partial charge in [0.05, 0.1) is 39.0 Å². The van der Waals surface area contributed by atoms with Crippen LogP contribution in [0.1, 0.15) is 122 Å². The number of aromatic nitrogens is 3. The summed E-state index contributed by atoms with van der Waals surface area (Å²) in [6.45, 7) is 17.4. The summed E-state index contributed by atoms with van der Waals surface area (Å²) in [5, 5.41) is 5.54. The second kappa shape index (κ2) is 19.1. The summed E-state index contributed by atoms with van der Waals surface area (Å²) in [5.74, 6) is 0.534. The van der Waals surface area contributed by atoms with Crippen LogP contribution in [0.3, 0.4) is 0 Å². The molecule has 384 valence electrons. The molecule has 1 atom stereocenters. The van der Waals surface area contributed by atoms with Crippen LogP contribution < -0.4 is 26.1 Å². The Hall–Kier alpha value is -6.16. The smallest absolute Gasteiger partial charge is 0.341 e. The van der Waals surface area contributed by atoms with E-state index in [1.54, 1.807) is 0 Å². The number of H-pyrrole nitrogens is 3. The van der Waals surface area contributed by atoms with Crippen molar-refractivity contribution in [3.05, 3.63) is 240 Å². The van der Waals surface area contributed by atoms with Gasteiger partial charge in [0.15, 0.2) is 0 Å². The lowest BCUT2D eigenvalue weighted by Crippen LogP contribution is -2.30. The number of allylic oxidation sites excluding steroid dienone is 1. The van der Waals surface area contributed by atoms with Crippen molar-refractivity contribution < 1.29 is 14.3 Å². The third kappa shape index (κ3) is 8.78. The Bertz CT molecular complexity index is 4060. The molecule has 0 amide bonds. The standard InChI is InChI=1S/C63H52Cl6N4O3/c1-61(2,3)31-27-33(58-35(29-31)63(7,8)36-30-32(62(4,5)6)28-34(59(36)76-58)60(74)75-9)51-43-19-21-45(70-43)55(52-37(64)13-10-14-38(52)65)47-23-25-49(72-47)57(54-41(68)17-12-18-42(54)69)50-26-24-48(73-50)56(46-22-20-44(51)71-46)53-39(66)15-11-16-40(53)67/h10-30,45,71-73H,1-9H3/b51-44-,55-47+,56-46+,57-49+. The first-order chi connectivity index (χ1) is 36.0. The minimum atomic E-state index is -0.678. The fraction of sp³-hybridized carbons (Fsp3) is 0.206. The molecule has 0 radical (unpaired) electrons. The third-order valence-electron chi connectivity index (χ3n) is 14.8. The fourth-order valence-corrected chi connectivity index (χ4v) is 12.5. The highest BCUT2D eigenvalue weighted by molar-refractivity contribution is 6.39. The second-order valence-corrected chi connectivity index (χ2v) is 24.5. The largest absolute Gasteiger partial charge is 0.465 e. The van der Waals surface area contributed by atoms with Crippen molar-refractivity contribution in [1.82, 2.24) is 15.0 Å². The molecule has 0 aliphatic carbocycles. The predicted octanol–water partition coefficient (Wildman–Crippen LogP) is 14.7. The van der Waals surface area contributed by atoms with Crippen molar-refractivity contribution in [2.24, 2.45) is 4.99 Å². The van der Waals surface area contributed by atoms with Gasteiger partial charge in [-0.25, -0.2) is 4.79 Å².